The van der Waals surface area contributed by atoms with Crippen LogP contribution in [0.5, 0.6) is 5.75 Å². The molecule has 0 amide bonds. The molecule has 106 valence electrons. The van der Waals surface area contributed by atoms with Crippen molar-refractivity contribution in [3.63, 3.8) is 0 Å². The first-order valence-corrected chi connectivity index (χ1v) is 6.95. The molecule has 0 aliphatic heterocycles. The molecule has 2 aromatic rings. The van der Waals surface area contributed by atoms with Gasteiger partial charge in [-0.2, -0.15) is 0 Å². The monoisotopic (exact) mass is 271 g/mol. The maximum atomic E-state index is 5.29. The standard InChI is InChI=1S/C16H21N3O/c1-5-14-18-15(11(3)16(19-14)17-6-2)12-8-7-9-13(10-12)20-4/h7-10H,5-6H2,1-4H3,(H,17,18,19). The molecule has 1 heterocycles. The lowest BCUT2D eigenvalue weighted by molar-refractivity contribution is 0.415. The van der Waals surface area contributed by atoms with Crippen LogP contribution in [-0.2, 0) is 6.42 Å². The molecule has 0 unspecified atom stereocenters. The Kier molecular flexibility index (Phi) is 4.56. The van der Waals surface area contributed by atoms with E-state index in [9.17, 15) is 0 Å². The van der Waals surface area contributed by atoms with E-state index in [0.29, 0.717) is 0 Å². The van der Waals surface area contributed by atoms with E-state index in [1.165, 1.54) is 0 Å². The first-order valence-electron chi connectivity index (χ1n) is 6.95. The van der Waals surface area contributed by atoms with Crippen LogP contribution in [0.4, 0.5) is 5.82 Å². The van der Waals surface area contributed by atoms with Crippen LogP contribution in [0.15, 0.2) is 24.3 Å². The fraction of sp³-hybridized carbons (Fsp3) is 0.375. The molecule has 1 N–H and O–H groups in total. The zero-order valence-electron chi connectivity index (χ0n) is 12.5. The number of aryl methyl sites for hydroxylation is 1. The number of nitrogens with zero attached hydrogens (tertiary/aromatic N) is 2. The van der Waals surface area contributed by atoms with Gasteiger partial charge in [0.25, 0.3) is 0 Å². The second-order valence-corrected chi connectivity index (χ2v) is 4.58. The molecule has 0 aliphatic rings. The highest BCUT2D eigenvalue weighted by Gasteiger charge is 2.12. The third kappa shape index (κ3) is 2.90. The van der Waals surface area contributed by atoms with Gasteiger partial charge in [-0.1, -0.05) is 19.1 Å². The van der Waals surface area contributed by atoms with Crippen LogP contribution in [-0.4, -0.2) is 23.6 Å². The van der Waals surface area contributed by atoms with E-state index in [-0.39, 0.29) is 0 Å². The minimum Gasteiger partial charge on any atom is -0.497 e. The summed E-state index contributed by atoms with van der Waals surface area (Å²) in [7, 11) is 1.67. The number of hydrogen-bond donors (Lipinski definition) is 1. The van der Waals surface area contributed by atoms with Gasteiger partial charge in [0, 0.05) is 24.1 Å². The van der Waals surface area contributed by atoms with Gasteiger partial charge in [0.1, 0.15) is 17.4 Å². The summed E-state index contributed by atoms with van der Waals surface area (Å²) in [6, 6.07) is 7.97. The van der Waals surface area contributed by atoms with Gasteiger partial charge in [0.05, 0.1) is 12.8 Å². The average molecular weight is 271 g/mol. The zero-order valence-corrected chi connectivity index (χ0v) is 12.5. The molecule has 0 radical (unpaired) electrons. The third-order valence-corrected chi connectivity index (χ3v) is 3.20. The topological polar surface area (TPSA) is 47.0 Å². The van der Waals surface area contributed by atoms with Gasteiger partial charge in [-0.3, -0.25) is 0 Å². The van der Waals surface area contributed by atoms with Crippen molar-refractivity contribution >= 4 is 5.82 Å². The van der Waals surface area contributed by atoms with E-state index in [4.69, 9.17) is 4.74 Å². The van der Waals surface area contributed by atoms with Crippen molar-refractivity contribution < 1.29 is 4.74 Å². The molecule has 0 saturated carbocycles. The lowest BCUT2D eigenvalue weighted by atomic mass is 10.1. The van der Waals surface area contributed by atoms with E-state index in [1.807, 2.05) is 31.2 Å². The van der Waals surface area contributed by atoms with Gasteiger partial charge in [0.15, 0.2) is 0 Å². The molecule has 0 fully saturated rings. The molecule has 0 spiro atoms. The number of anilines is 1. The van der Waals surface area contributed by atoms with Gasteiger partial charge >= 0.3 is 0 Å². The number of methoxy groups -OCH3 is 1. The summed E-state index contributed by atoms with van der Waals surface area (Å²) in [5.41, 5.74) is 3.09. The van der Waals surface area contributed by atoms with Crippen LogP contribution in [0.25, 0.3) is 11.3 Å². The Morgan fingerprint density at radius 2 is 2.00 bits per heavy atom. The van der Waals surface area contributed by atoms with E-state index >= 15 is 0 Å². The number of hydrogen-bond acceptors (Lipinski definition) is 4. The minimum atomic E-state index is 0.815. The van der Waals surface area contributed by atoms with E-state index in [1.54, 1.807) is 7.11 Å². The summed E-state index contributed by atoms with van der Waals surface area (Å²) in [5, 5.41) is 3.31. The lowest BCUT2D eigenvalue weighted by Crippen LogP contribution is -2.07. The molecule has 4 nitrogen and oxygen atoms in total. The first kappa shape index (κ1) is 14.3. The summed E-state index contributed by atoms with van der Waals surface area (Å²) in [4.78, 5) is 9.23. The van der Waals surface area contributed by atoms with E-state index < -0.39 is 0 Å². The lowest BCUT2D eigenvalue weighted by Gasteiger charge is -2.13. The molecule has 1 aromatic carbocycles. The second kappa shape index (κ2) is 6.37. The smallest absolute Gasteiger partial charge is 0.133 e. The summed E-state index contributed by atoms with van der Waals surface area (Å²) in [5.74, 6) is 2.60. The molecule has 2 rings (SSSR count). The molecule has 0 aliphatic carbocycles. The predicted octanol–water partition coefficient (Wildman–Crippen LogP) is 3.45. The van der Waals surface area contributed by atoms with Gasteiger partial charge in [-0.25, -0.2) is 9.97 Å². The fourth-order valence-corrected chi connectivity index (χ4v) is 2.11. The quantitative estimate of drug-likeness (QED) is 0.904. The molecule has 0 saturated heterocycles. The second-order valence-electron chi connectivity index (χ2n) is 4.58. The Hall–Kier alpha value is -2.10. The van der Waals surface area contributed by atoms with Crippen molar-refractivity contribution in [2.24, 2.45) is 0 Å². The van der Waals surface area contributed by atoms with Crippen molar-refractivity contribution in [3.05, 3.63) is 35.7 Å². The molecule has 4 heteroatoms. The predicted molar refractivity (Wildman–Crippen MR) is 82.3 cm³/mol. The Morgan fingerprint density at radius 3 is 2.65 bits per heavy atom. The molecule has 0 atom stereocenters. The number of aromatic nitrogens is 2. The van der Waals surface area contributed by atoms with Crippen LogP contribution in [0.3, 0.4) is 0 Å². The van der Waals surface area contributed by atoms with Crippen molar-refractivity contribution in [2.75, 3.05) is 19.0 Å². The first-order chi connectivity index (χ1) is 9.69. The summed E-state index contributed by atoms with van der Waals surface area (Å²) >= 11 is 0. The molecular weight excluding hydrogens is 250 g/mol. The summed E-state index contributed by atoms with van der Waals surface area (Å²) in [6.45, 7) is 7.03. The average Bonchev–Trinajstić information content (AvgIpc) is 2.49. The molecule has 20 heavy (non-hydrogen) atoms. The largest absolute Gasteiger partial charge is 0.497 e. The maximum Gasteiger partial charge on any atom is 0.133 e. The van der Waals surface area contributed by atoms with Gasteiger partial charge in [-0.05, 0) is 26.0 Å². The Balaban J connectivity index is 2.56. The van der Waals surface area contributed by atoms with Crippen molar-refractivity contribution in [3.8, 4) is 17.0 Å². The Morgan fingerprint density at radius 1 is 1.20 bits per heavy atom. The summed E-state index contributed by atoms with van der Waals surface area (Å²) < 4.78 is 5.29. The van der Waals surface area contributed by atoms with E-state index in [0.717, 1.165) is 47.2 Å². The zero-order chi connectivity index (χ0) is 14.5. The van der Waals surface area contributed by atoms with E-state index in [2.05, 4.69) is 29.1 Å². The van der Waals surface area contributed by atoms with Crippen molar-refractivity contribution in [2.45, 2.75) is 27.2 Å². The SMILES string of the molecule is CCNc1nc(CC)nc(-c2cccc(OC)c2)c1C. The third-order valence-electron chi connectivity index (χ3n) is 3.20. The number of benzene rings is 1. The van der Waals surface area contributed by atoms with Gasteiger partial charge < -0.3 is 10.1 Å². The van der Waals surface area contributed by atoms with Crippen LogP contribution in [0.2, 0.25) is 0 Å². The minimum absolute atomic E-state index is 0.815. The highest BCUT2D eigenvalue weighted by Crippen LogP contribution is 2.28. The van der Waals surface area contributed by atoms with Crippen LogP contribution >= 0.6 is 0 Å². The maximum absolute atomic E-state index is 5.29. The normalized spacial score (nSPS) is 10.4. The number of rotatable bonds is 5. The van der Waals surface area contributed by atoms with Crippen molar-refractivity contribution in [1.82, 2.24) is 9.97 Å². The number of ether oxygens (including phenoxy) is 1. The molecule has 1 aromatic heterocycles. The molecular formula is C16H21N3O. The Bertz CT molecular complexity index is 596. The Labute approximate surface area is 120 Å². The van der Waals surface area contributed by atoms with Crippen LogP contribution in [0.1, 0.15) is 25.2 Å². The highest BCUT2D eigenvalue weighted by molar-refractivity contribution is 5.69. The van der Waals surface area contributed by atoms with Gasteiger partial charge in [-0.15, -0.1) is 0 Å². The summed E-state index contributed by atoms with van der Waals surface area (Å²) in [6.07, 6.45) is 0.815. The number of nitrogens with one attached hydrogen (secondary N) is 1. The van der Waals surface area contributed by atoms with Crippen molar-refractivity contribution in [1.29, 1.82) is 0 Å². The highest BCUT2D eigenvalue weighted by atomic mass is 16.5. The molecule has 0 bridgehead atoms. The fourth-order valence-electron chi connectivity index (χ4n) is 2.11. The van der Waals surface area contributed by atoms with Crippen LogP contribution < -0.4 is 10.1 Å². The van der Waals surface area contributed by atoms with Crippen LogP contribution in [0, 0.1) is 6.92 Å². The van der Waals surface area contributed by atoms with Gasteiger partial charge in [0.2, 0.25) is 0 Å².